The summed E-state index contributed by atoms with van der Waals surface area (Å²) in [5, 5.41) is 0. The van der Waals surface area contributed by atoms with Gasteiger partial charge in [0.15, 0.2) is 0 Å². The maximum Gasteiger partial charge on any atom is 0.0576 e. The molecule has 2 rings (SSSR count). The maximum absolute atomic E-state index is 5.92. The molecule has 94 valence electrons. The lowest BCUT2D eigenvalue weighted by Crippen LogP contribution is -2.23. The highest BCUT2D eigenvalue weighted by atomic mass is 16.5. The van der Waals surface area contributed by atoms with Crippen molar-refractivity contribution in [3.63, 3.8) is 0 Å². The van der Waals surface area contributed by atoms with Gasteiger partial charge in [0.1, 0.15) is 0 Å². The zero-order valence-corrected chi connectivity index (χ0v) is 10.5. The normalized spacial score (nSPS) is 36.2. The SMILES string of the molecule is NCC1CCCCCC1CCC1CCCO1. The molecule has 2 fully saturated rings. The van der Waals surface area contributed by atoms with Gasteiger partial charge in [0.2, 0.25) is 0 Å². The van der Waals surface area contributed by atoms with Crippen molar-refractivity contribution in [2.75, 3.05) is 13.2 Å². The minimum atomic E-state index is 0.571. The van der Waals surface area contributed by atoms with Crippen LogP contribution in [0.3, 0.4) is 0 Å². The van der Waals surface area contributed by atoms with E-state index in [2.05, 4.69) is 0 Å². The van der Waals surface area contributed by atoms with Crippen LogP contribution in [0.25, 0.3) is 0 Å². The third-order valence-electron chi connectivity index (χ3n) is 4.50. The zero-order valence-electron chi connectivity index (χ0n) is 10.5. The summed E-state index contributed by atoms with van der Waals surface area (Å²) in [4.78, 5) is 0. The largest absolute Gasteiger partial charge is 0.378 e. The highest BCUT2D eigenvalue weighted by Gasteiger charge is 2.24. The molecule has 2 N–H and O–H groups in total. The number of nitrogens with two attached hydrogens (primary N) is 1. The Morgan fingerprint density at radius 1 is 0.875 bits per heavy atom. The van der Waals surface area contributed by atoms with Crippen molar-refractivity contribution in [3.05, 3.63) is 0 Å². The molecule has 0 aromatic carbocycles. The highest BCUT2D eigenvalue weighted by Crippen LogP contribution is 2.32. The van der Waals surface area contributed by atoms with Gasteiger partial charge in [0, 0.05) is 6.61 Å². The lowest BCUT2D eigenvalue weighted by atomic mass is 9.84. The van der Waals surface area contributed by atoms with Gasteiger partial charge in [-0.15, -0.1) is 0 Å². The first-order valence-corrected chi connectivity index (χ1v) is 7.22. The third-order valence-corrected chi connectivity index (χ3v) is 4.50. The first-order chi connectivity index (χ1) is 7.90. The van der Waals surface area contributed by atoms with Gasteiger partial charge in [-0.25, -0.2) is 0 Å². The lowest BCUT2D eigenvalue weighted by Gasteiger charge is -2.24. The van der Waals surface area contributed by atoms with Crippen LogP contribution in [0.2, 0.25) is 0 Å². The fourth-order valence-electron chi connectivity index (χ4n) is 3.42. The van der Waals surface area contributed by atoms with Gasteiger partial charge in [0.25, 0.3) is 0 Å². The van der Waals surface area contributed by atoms with Crippen molar-refractivity contribution in [2.24, 2.45) is 17.6 Å². The first-order valence-electron chi connectivity index (χ1n) is 7.22. The molecule has 0 aromatic rings. The van der Waals surface area contributed by atoms with Crippen LogP contribution in [-0.4, -0.2) is 19.3 Å². The van der Waals surface area contributed by atoms with Crippen LogP contribution in [0.5, 0.6) is 0 Å². The van der Waals surface area contributed by atoms with Crippen molar-refractivity contribution >= 4 is 0 Å². The standard InChI is InChI=1S/C14H27NO/c15-11-13-6-3-1-2-5-12(13)8-9-14-7-4-10-16-14/h12-14H,1-11,15H2. The van der Waals surface area contributed by atoms with E-state index in [0.717, 1.165) is 25.0 Å². The molecule has 1 aliphatic heterocycles. The monoisotopic (exact) mass is 225 g/mol. The van der Waals surface area contributed by atoms with Crippen LogP contribution in [0.4, 0.5) is 0 Å². The predicted octanol–water partition coefficient (Wildman–Crippen LogP) is 3.10. The second-order valence-corrected chi connectivity index (χ2v) is 5.61. The quantitative estimate of drug-likeness (QED) is 0.746. The van der Waals surface area contributed by atoms with Gasteiger partial charge >= 0.3 is 0 Å². The van der Waals surface area contributed by atoms with Crippen molar-refractivity contribution in [1.82, 2.24) is 0 Å². The second kappa shape index (κ2) is 6.61. The fraction of sp³-hybridized carbons (Fsp3) is 1.00. The first kappa shape index (κ1) is 12.4. The minimum Gasteiger partial charge on any atom is -0.378 e. The molecule has 2 heteroatoms. The Morgan fingerprint density at radius 3 is 2.38 bits per heavy atom. The van der Waals surface area contributed by atoms with Gasteiger partial charge in [-0.1, -0.05) is 25.7 Å². The van der Waals surface area contributed by atoms with E-state index in [1.54, 1.807) is 0 Å². The predicted molar refractivity (Wildman–Crippen MR) is 67.3 cm³/mol. The fourth-order valence-corrected chi connectivity index (χ4v) is 3.42. The molecule has 0 spiro atoms. The molecule has 2 nitrogen and oxygen atoms in total. The number of hydrogen-bond acceptors (Lipinski definition) is 2. The average molecular weight is 225 g/mol. The Kier molecular flexibility index (Phi) is 5.11. The smallest absolute Gasteiger partial charge is 0.0576 e. The van der Waals surface area contributed by atoms with Crippen LogP contribution in [0, 0.1) is 11.8 Å². The van der Waals surface area contributed by atoms with E-state index in [0.29, 0.717) is 6.10 Å². The molecule has 2 aliphatic rings. The summed E-state index contributed by atoms with van der Waals surface area (Å²) < 4.78 is 5.71. The summed E-state index contributed by atoms with van der Waals surface area (Å²) in [6, 6.07) is 0. The Balaban J connectivity index is 1.75. The lowest BCUT2D eigenvalue weighted by molar-refractivity contribution is 0.0939. The van der Waals surface area contributed by atoms with Crippen LogP contribution in [0.1, 0.15) is 57.8 Å². The Bertz CT molecular complexity index is 189. The van der Waals surface area contributed by atoms with Gasteiger partial charge in [-0.05, 0) is 50.5 Å². The topological polar surface area (TPSA) is 35.2 Å². The van der Waals surface area contributed by atoms with E-state index < -0.39 is 0 Å². The van der Waals surface area contributed by atoms with E-state index in [4.69, 9.17) is 10.5 Å². The molecule has 1 saturated carbocycles. The van der Waals surface area contributed by atoms with Crippen molar-refractivity contribution < 1.29 is 4.74 Å². The summed E-state index contributed by atoms with van der Waals surface area (Å²) in [5.74, 6) is 1.68. The van der Waals surface area contributed by atoms with Crippen LogP contribution in [-0.2, 0) is 4.74 Å². The summed E-state index contributed by atoms with van der Waals surface area (Å²) in [7, 11) is 0. The van der Waals surface area contributed by atoms with E-state index in [1.807, 2.05) is 0 Å². The molecule has 0 bridgehead atoms. The van der Waals surface area contributed by atoms with Gasteiger partial charge in [0.05, 0.1) is 6.10 Å². The zero-order chi connectivity index (χ0) is 11.2. The minimum absolute atomic E-state index is 0.571. The Hall–Kier alpha value is -0.0800. The Morgan fingerprint density at radius 2 is 1.69 bits per heavy atom. The van der Waals surface area contributed by atoms with Gasteiger partial charge in [-0.2, -0.15) is 0 Å². The molecule has 0 aromatic heterocycles. The van der Waals surface area contributed by atoms with E-state index in [1.165, 1.54) is 57.8 Å². The molecule has 0 radical (unpaired) electrons. The number of ether oxygens (including phenoxy) is 1. The third kappa shape index (κ3) is 3.46. The average Bonchev–Trinajstić information content (AvgIpc) is 2.71. The maximum atomic E-state index is 5.92. The molecule has 3 unspecified atom stereocenters. The molecule has 1 heterocycles. The number of rotatable bonds is 4. The Labute approximate surface area is 99.9 Å². The molecule has 0 amide bonds. The van der Waals surface area contributed by atoms with Gasteiger partial charge in [-0.3, -0.25) is 0 Å². The second-order valence-electron chi connectivity index (χ2n) is 5.61. The molecule has 1 aliphatic carbocycles. The van der Waals surface area contributed by atoms with E-state index >= 15 is 0 Å². The highest BCUT2D eigenvalue weighted by molar-refractivity contribution is 4.76. The molecular formula is C14H27NO. The summed E-state index contributed by atoms with van der Waals surface area (Å²) >= 11 is 0. The van der Waals surface area contributed by atoms with Gasteiger partial charge < -0.3 is 10.5 Å². The molecular weight excluding hydrogens is 198 g/mol. The van der Waals surface area contributed by atoms with Crippen LogP contribution < -0.4 is 5.73 Å². The summed E-state index contributed by atoms with van der Waals surface area (Å²) in [5.41, 5.74) is 5.92. The van der Waals surface area contributed by atoms with Crippen molar-refractivity contribution in [3.8, 4) is 0 Å². The van der Waals surface area contributed by atoms with Crippen molar-refractivity contribution in [2.45, 2.75) is 63.9 Å². The molecule has 16 heavy (non-hydrogen) atoms. The summed E-state index contributed by atoms with van der Waals surface area (Å²) in [6.07, 6.45) is 12.8. The molecule has 1 saturated heterocycles. The summed E-state index contributed by atoms with van der Waals surface area (Å²) in [6.45, 7) is 1.89. The number of hydrogen-bond donors (Lipinski definition) is 1. The van der Waals surface area contributed by atoms with Crippen LogP contribution >= 0.6 is 0 Å². The van der Waals surface area contributed by atoms with Crippen LogP contribution in [0.15, 0.2) is 0 Å². The van der Waals surface area contributed by atoms with E-state index in [-0.39, 0.29) is 0 Å². The van der Waals surface area contributed by atoms with E-state index in [9.17, 15) is 0 Å². The molecule has 3 atom stereocenters. The van der Waals surface area contributed by atoms with Crippen molar-refractivity contribution in [1.29, 1.82) is 0 Å².